The summed E-state index contributed by atoms with van der Waals surface area (Å²) in [7, 11) is 0. The molecule has 1 aromatic carbocycles. The Kier molecular flexibility index (Phi) is 11.6. The van der Waals surface area contributed by atoms with Crippen molar-refractivity contribution in [2.24, 2.45) is 0 Å². The van der Waals surface area contributed by atoms with Crippen LogP contribution in [0.5, 0.6) is 11.5 Å². The van der Waals surface area contributed by atoms with Gasteiger partial charge in [-0.25, -0.2) is 19.2 Å². The SMILES string of the molecule is CCC(C)N[C@@](Cc1ccc(OC(=O)OC(C)(C)C)c(OC(=O)OC(C)(C)C)c1)(OC(=O)OC(C)C)C(=O)O. The Morgan fingerprint density at radius 2 is 1.33 bits per heavy atom. The Bertz CT molecular complexity index is 1020. The van der Waals surface area contributed by atoms with Crippen LogP contribution in [0.15, 0.2) is 18.2 Å². The molecule has 1 unspecified atom stereocenters. The zero-order chi connectivity index (χ0) is 30.2. The molecule has 2 N–H and O–H groups in total. The third kappa shape index (κ3) is 12.2. The third-order valence-corrected chi connectivity index (χ3v) is 4.65. The summed E-state index contributed by atoms with van der Waals surface area (Å²) in [5.41, 5.74) is -3.73. The maximum absolute atomic E-state index is 12.5. The molecule has 220 valence electrons. The maximum atomic E-state index is 12.5. The van der Waals surface area contributed by atoms with Crippen molar-refractivity contribution < 1.29 is 52.7 Å². The summed E-state index contributed by atoms with van der Waals surface area (Å²) in [6.45, 7) is 16.6. The number of carbonyl (C=O) groups is 4. The second-order valence-electron chi connectivity index (χ2n) is 11.2. The summed E-state index contributed by atoms with van der Waals surface area (Å²) in [6.07, 6.45) is -3.76. The van der Waals surface area contributed by atoms with Crippen LogP contribution in [0.3, 0.4) is 0 Å². The normalized spacial score (nSPS) is 14.0. The first-order valence-corrected chi connectivity index (χ1v) is 12.6. The Morgan fingerprint density at radius 3 is 1.77 bits per heavy atom. The van der Waals surface area contributed by atoms with Crippen molar-refractivity contribution in [2.45, 2.75) is 111 Å². The molecule has 1 aromatic rings. The van der Waals surface area contributed by atoms with E-state index in [0.717, 1.165) is 0 Å². The molecule has 0 fully saturated rings. The van der Waals surface area contributed by atoms with Crippen LogP contribution in [0.2, 0.25) is 0 Å². The molecule has 0 aliphatic carbocycles. The van der Waals surface area contributed by atoms with Crippen molar-refractivity contribution in [1.82, 2.24) is 5.32 Å². The van der Waals surface area contributed by atoms with Crippen LogP contribution in [0.25, 0.3) is 0 Å². The summed E-state index contributed by atoms with van der Waals surface area (Å²) < 4.78 is 31.2. The molecule has 1 rings (SSSR count). The number of carboxylic acid groups (broad SMARTS) is 1. The first-order chi connectivity index (χ1) is 17.7. The fourth-order valence-corrected chi connectivity index (χ4v) is 2.99. The van der Waals surface area contributed by atoms with Gasteiger partial charge in [0.05, 0.1) is 6.10 Å². The van der Waals surface area contributed by atoms with Crippen molar-refractivity contribution >= 4 is 24.4 Å². The van der Waals surface area contributed by atoms with Crippen molar-refractivity contribution in [2.75, 3.05) is 0 Å². The van der Waals surface area contributed by atoms with Crippen molar-refractivity contribution in [3.05, 3.63) is 23.8 Å². The molecular formula is C27H41NO11. The average molecular weight is 556 g/mol. The van der Waals surface area contributed by atoms with Gasteiger partial charge in [0, 0.05) is 12.5 Å². The molecule has 0 spiro atoms. The molecule has 39 heavy (non-hydrogen) atoms. The Labute approximate surface area is 229 Å². The van der Waals surface area contributed by atoms with E-state index in [-0.39, 0.29) is 23.1 Å². The van der Waals surface area contributed by atoms with E-state index in [1.54, 1.807) is 62.3 Å². The number of aliphatic carboxylic acids is 1. The highest BCUT2D eigenvalue weighted by atomic mass is 16.8. The molecule has 0 radical (unpaired) electrons. The van der Waals surface area contributed by atoms with Gasteiger partial charge in [0.1, 0.15) is 11.2 Å². The first kappa shape index (κ1) is 33.5. The van der Waals surface area contributed by atoms with Gasteiger partial charge in [-0.3, -0.25) is 5.32 Å². The van der Waals surface area contributed by atoms with Gasteiger partial charge in [0.25, 0.3) is 5.72 Å². The van der Waals surface area contributed by atoms with E-state index in [0.29, 0.717) is 6.42 Å². The van der Waals surface area contributed by atoms with Crippen LogP contribution in [-0.4, -0.2) is 58.6 Å². The van der Waals surface area contributed by atoms with Gasteiger partial charge in [-0.05, 0) is 86.4 Å². The average Bonchev–Trinajstić information content (AvgIpc) is 2.71. The Hall–Kier alpha value is -3.54. The van der Waals surface area contributed by atoms with Crippen molar-refractivity contribution in [3.63, 3.8) is 0 Å². The highest BCUT2D eigenvalue weighted by Crippen LogP contribution is 2.32. The number of carbonyl (C=O) groups excluding carboxylic acids is 3. The first-order valence-electron chi connectivity index (χ1n) is 12.6. The van der Waals surface area contributed by atoms with Crippen LogP contribution in [0, 0.1) is 0 Å². The molecule has 0 bridgehead atoms. The molecule has 2 atom stereocenters. The van der Waals surface area contributed by atoms with E-state index in [4.69, 9.17) is 28.4 Å². The summed E-state index contributed by atoms with van der Waals surface area (Å²) in [5.74, 6) is -1.91. The molecule has 0 aromatic heterocycles. The predicted molar refractivity (Wildman–Crippen MR) is 140 cm³/mol. The largest absolute Gasteiger partial charge is 0.514 e. The highest BCUT2D eigenvalue weighted by Gasteiger charge is 2.45. The molecule has 12 nitrogen and oxygen atoms in total. The lowest BCUT2D eigenvalue weighted by Gasteiger charge is -2.32. The molecule has 0 saturated carbocycles. The fraction of sp³-hybridized carbons (Fsp3) is 0.630. The smallest absolute Gasteiger partial charge is 0.477 e. The lowest BCUT2D eigenvalue weighted by atomic mass is 10.00. The van der Waals surface area contributed by atoms with E-state index in [1.807, 2.05) is 6.92 Å². The van der Waals surface area contributed by atoms with Gasteiger partial charge >= 0.3 is 24.4 Å². The molecule has 0 heterocycles. The molecule has 0 aliphatic heterocycles. The third-order valence-electron chi connectivity index (χ3n) is 4.65. The summed E-state index contributed by atoms with van der Waals surface area (Å²) in [4.78, 5) is 49.5. The highest BCUT2D eigenvalue weighted by molar-refractivity contribution is 5.80. The molecular weight excluding hydrogens is 514 g/mol. The number of ether oxygens (including phenoxy) is 6. The Balaban J connectivity index is 3.50. The van der Waals surface area contributed by atoms with Gasteiger partial charge in [-0.15, -0.1) is 0 Å². The minimum Gasteiger partial charge on any atom is -0.477 e. The second kappa shape index (κ2) is 13.5. The van der Waals surface area contributed by atoms with Gasteiger partial charge < -0.3 is 33.5 Å². The topological polar surface area (TPSA) is 156 Å². The molecule has 0 aliphatic rings. The second-order valence-corrected chi connectivity index (χ2v) is 11.2. The maximum Gasteiger partial charge on any atom is 0.514 e. The quantitative estimate of drug-likeness (QED) is 0.160. The monoisotopic (exact) mass is 555 g/mol. The minimum absolute atomic E-state index is 0.185. The van der Waals surface area contributed by atoms with Crippen LogP contribution < -0.4 is 14.8 Å². The van der Waals surface area contributed by atoms with Gasteiger partial charge in [-0.1, -0.05) is 13.0 Å². The predicted octanol–water partition coefficient (Wildman–Crippen LogP) is 5.59. The lowest BCUT2D eigenvalue weighted by molar-refractivity contribution is -0.167. The summed E-state index contributed by atoms with van der Waals surface area (Å²) >= 11 is 0. The van der Waals surface area contributed by atoms with Gasteiger partial charge in [0.2, 0.25) is 0 Å². The van der Waals surface area contributed by atoms with Gasteiger partial charge in [-0.2, -0.15) is 0 Å². The number of benzene rings is 1. The van der Waals surface area contributed by atoms with Crippen LogP contribution in [0.4, 0.5) is 14.4 Å². The number of hydrogen-bond acceptors (Lipinski definition) is 11. The standard InChI is InChI=1S/C27H41NO11/c1-11-17(4)28-27(21(29)30,39-22(31)34-16(2)3)15-18-12-13-19(35-23(32)37-25(5,6)7)20(14-18)36-24(33)38-26(8,9)10/h12-14,16-17,28H,11,15H2,1-10H3,(H,29,30)/t17?,27-/m0/s1. The lowest BCUT2D eigenvalue weighted by Crippen LogP contribution is -2.59. The van der Waals surface area contributed by atoms with Crippen LogP contribution >= 0.6 is 0 Å². The Morgan fingerprint density at radius 1 is 0.821 bits per heavy atom. The number of rotatable bonds is 10. The summed E-state index contributed by atoms with van der Waals surface area (Å²) in [6, 6.07) is 3.62. The minimum atomic E-state index is -2.24. The van der Waals surface area contributed by atoms with Crippen LogP contribution in [0.1, 0.15) is 81.2 Å². The molecule has 12 heteroatoms. The zero-order valence-electron chi connectivity index (χ0n) is 24.3. The zero-order valence-corrected chi connectivity index (χ0v) is 24.3. The fourth-order valence-electron chi connectivity index (χ4n) is 2.99. The van der Waals surface area contributed by atoms with E-state index >= 15 is 0 Å². The van der Waals surface area contributed by atoms with Crippen LogP contribution in [-0.2, 0) is 30.2 Å². The number of carboxylic acids is 1. The number of hydrogen-bond donors (Lipinski definition) is 2. The molecule has 0 amide bonds. The number of nitrogens with one attached hydrogen (secondary N) is 1. The van der Waals surface area contributed by atoms with E-state index in [1.165, 1.54) is 18.2 Å². The van der Waals surface area contributed by atoms with Crippen molar-refractivity contribution in [1.29, 1.82) is 0 Å². The van der Waals surface area contributed by atoms with Crippen molar-refractivity contribution in [3.8, 4) is 11.5 Å². The summed E-state index contributed by atoms with van der Waals surface area (Å²) in [5, 5.41) is 13.0. The van der Waals surface area contributed by atoms with E-state index < -0.39 is 53.9 Å². The van der Waals surface area contributed by atoms with E-state index in [2.05, 4.69) is 5.32 Å². The van der Waals surface area contributed by atoms with Gasteiger partial charge in [0.15, 0.2) is 11.5 Å². The van der Waals surface area contributed by atoms with E-state index in [9.17, 15) is 24.3 Å². The molecule has 0 saturated heterocycles.